The Hall–Kier alpha value is -2.51. The molecule has 31 heavy (non-hydrogen) atoms. The van der Waals surface area contributed by atoms with Gasteiger partial charge in [-0.3, -0.25) is 4.79 Å². The van der Waals surface area contributed by atoms with E-state index in [9.17, 15) is 23.5 Å². The van der Waals surface area contributed by atoms with Crippen molar-refractivity contribution < 1.29 is 28.2 Å². The summed E-state index contributed by atoms with van der Waals surface area (Å²) in [6.45, 7) is 7.56. The Balaban J connectivity index is 0.00000480. The number of carbonyl (C=O) groups is 2. The lowest BCUT2D eigenvalue weighted by molar-refractivity contribution is -0.131. The number of halogens is 3. The third-order valence-corrected chi connectivity index (χ3v) is 4.72. The normalized spacial score (nSPS) is 10.6. The van der Waals surface area contributed by atoms with Gasteiger partial charge in [0, 0.05) is 25.1 Å². The molecule has 170 valence electrons. The number of rotatable bonds is 10. The number of carboxylic acids is 1. The van der Waals surface area contributed by atoms with Crippen LogP contribution in [0.2, 0.25) is 0 Å². The molecule has 0 unspecified atom stereocenters. The fourth-order valence-corrected chi connectivity index (χ4v) is 3.56. The van der Waals surface area contributed by atoms with Crippen LogP contribution >= 0.6 is 12.4 Å². The van der Waals surface area contributed by atoms with E-state index in [-0.39, 0.29) is 29.3 Å². The van der Waals surface area contributed by atoms with Gasteiger partial charge in [-0.15, -0.1) is 12.4 Å². The first kappa shape index (κ1) is 26.5. The molecule has 0 aliphatic heterocycles. The van der Waals surface area contributed by atoms with Crippen molar-refractivity contribution in [3.05, 3.63) is 53.1 Å². The molecule has 0 aliphatic carbocycles. The van der Waals surface area contributed by atoms with E-state index in [4.69, 9.17) is 4.74 Å². The highest BCUT2D eigenvalue weighted by molar-refractivity contribution is 5.96. The van der Waals surface area contributed by atoms with Crippen LogP contribution < -0.4 is 4.74 Å². The summed E-state index contributed by atoms with van der Waals surface area (Å²) < 4.78 is 33.0. The van der Waals surface area contributed by atoms with Gasteiger partial charge in [-0.25, -0.2) is 13.6 Å². The predicted molar refractivity (Wildman–Crippen MR) is 118 cm³/mol. The minimum Gasteiger partial charge on any atom is -0.478 e. The molecule has 0 spiro atoms. The molecule has 2 aromatic carbocycles. The van der Waals surface area contributed by atoms with Gasteiger partial charge in [-0.1, -0.05) is 19.9 Å². The highest BCUT2D eigenvalue weighted by atomic mass is 35.5. The van der Waals surface area contributed by atoms with Gasteiger partial charge in [0.05, 0.1) is 0 Å². The smallest absolute Gasteiger partial charge is 0.339 e. The fourth-order valence-electron chi connectivity index (χ4n) is 3.56. The zero-order valence-corrected chi connectivity index (χ0v) is 18.7. The monoisotopic (exact) mass is 455 g/mol. The van der Waals surface area contributed by atoms with Crippen LogP contribution in [0.25, 0.3) is 11.1 Å². The third-order valence-electron chi connectivity index (χ3n) is 4.72. The molecule has 8 heteroatoms. The largest absolute Gasteiger partial charge is 0.478 e. The molecule has 1 N–H and O–H groups in total. The lowest BCUT2D eigenvalue weighted by atomic mass is 9.92. The van der Waals surface area contributed by atoms with Gasteiger partial charge >= 0.3 is 11.9 Å². The highest BCUT2D eigenvalue weighted by Gasteiger charge is 2.24. The molecule has 0 atom stereocenters. The predicted octanol–water partition coefficient (Wildman–Crippen LogP) is 5.34. The quantitative estimate of drug-likeness (QED) is 0.387. The number of benzene rings is 2. The Bertz CT molecular complexity index is 915. The van der Waals surface area contributed by atoms with Crippen LogP contribution in [0.3, 0.4) is 0 Å². The third kappa shape index (κ3) is 7.01. The Morgan fingerprint density at radius 1 is 1.00 bits per heavy atom. The van der Waals surface area contributed by atoms with Crippen molar-refractivity contribution >= 4 is 24.3 Å². The first-order valence-electron chi connectivity index (χ1n) is 10.0. The maximum atomic E-state index is 14.5. The van der Waals surface area contributed by atoms with Gasteiger partial charge in [0.15, 0.2) is 0 Å². The van der Waals surface area contributed by atoms with Crippen LogP contribution in [0.5, 0.6) is 5.75 Å². The molecular weight excluding hydrogens is 428 g/mol. The summed E-state index contributed by atoms with van der Waals surface area (Å²) in [7, 11) is 0. The summed E-state index contributed by atoms with van der Waals surface area (Å²) in [4.78, 5) is 25.7. The lowest BCUT2D eigenvalue weighted by Crippen LogP contribution is -2.28. The van der Waals surface area contributed by atoms with E-state index >= 15 is 0 Å². The number of hydrogen-bond donors (Lipinski definition) is 1. The lowest BCUT2D eigenvalue weighted by Gasteiger charge is -2.23. The molecule has 0 aliphatic rings. The first-order valence-corrected chi connectivity index (χ1v) is 10.0. The molecule has 2 aromatic rings. The van der Waals surface area contributed by atoms with Crippen molar-refractivity contribution in [1.29, 1.82) is 0 Å². The number of esters is 1. The van der Waals surface area contributed by atoms with Crippen LogP contribution in [-0.2, 0) is 11.2 Å². The molecule has 5 nitrogen and oxygen atoms in total. The molecule has 0 aromatic heterocycles. The maximum absolute atomic E-state index is 14.5. The SMILES string of the molecule is CCCN(CCC)CCc1c(-c2ccc(F)cc2F)ccc(OC(C)=O)c1C(=O)O.Cl. The molecule has 0 saturated heterocycles. The summed E-state index contributed by atoms with van der Waals surface area (Å²) in [6.07, 6.45) is 2.19. The molecule has 2 rings (SSSR count). The second-order valence-electron chi connectivity index (χ2n) is 7.08. The van der Waals surface area contributed by atoms with E-state index in [2.05, 4.69) is 18.7 Å². The maximum Gasteiger partial charge on any atom is 0.339 e. The van der Waals surface area contributed by atoms with Crippen molar-refractivity contribution in [2.45, 2.75) is 40.0 Å². The summed E-state index contributed by atoms with van der Waals surface area (Å²) in [5.74, 6) is -3.52. The Labute approximate surface area is 187 Å². The van der Waals surface area contributed by atoms with Crippen LogP contribution in [-0.4, -0.2) is 41.6 Å². The molecular formula is C23H28ClF2NO4. The Kier molecular flexibility index (Phi) is 10.6. The summed E-state index contributed by atoms with van der Waals surface area (Å²) in [5, 5.41) is 9.86. The van der Waals surface area contributed by atoms with Gasteiger partial charge in [0.1, 0.15) is 22.9 Å². The minimum absolute atomic E-state index is 0. The van der Waals surface area contributed by atoms with Crippen LogP contribution in [0.4, 0.5) is 8.78 Å². The second-order valence-corrected chi connectivity index (χ2v) is 7.08. The number of ether oxygens (including phenoxy) is 1. The van der Waals surface area contributed by atoms with Gasteiger partial charge in [-0.2, -0.15) is 0 Å². The van der Waals surface area contributed by atoms with Gasteiger partial charge in [0.25, 0.3) is 0 Å². The fraction of sp³-hybridized carbons (Fsp3) is 0.391. The van der Waals surface area contributed by atoms with E-state index in [0.717, 1.165) is 38.1 Å². The number of hydrogen-bond acceptors (Lipinski definition) is 4. The van der Waals surface area contributed by atoms with Crippen molar-refractivity contribution in [2.75, 3.05) is 19.6 Å². The molecule has 0 amide bonds. The molecule has 0 heterocycles. The van der Waals surface area contributed by atoms with Crippen LogP contribution in [0, 0.1) is 11.6 Å². The van der Waals surface area contributed by atoms with Gasteiger partial charge in [-0.05, 0) is 61.7 Å². The van der Waals surface area contributed by atoms with Crippen molar-refractivity contribution in [3.8, 4) is 16.9 Å². The molecule has 0 saturated carbocycles. The number of carboxylic acid groups (broad SMARTS) is 1. The topological polar surface area (TPSA) is 66.8 Å². The van der Waals surface area contributed by atoms with Gasteiger partial charge in [0.2, 0.25) is 0 Å². The van der Waals surface area contributed by atoms with E-state index in [1.807, 2.05) is 0 Å². The Morgan fingerprint density at radius 2 is 1.61 bits per heavy atom. The van der Waals surface area contributed by atoms with E-state index in [0.29, 0.717) is 24.1 Å². The molecule has 0 fully saturated rings. The zero-order chi connectivity index (χ0) is 22.3. The van der Waals surface area contributed by atoms with Crippen LogP contribution in [0.15, 0.2) is 30.3 Å². The zero-order valence-electron chi connectivity index (χ0n) is 17.9. The average Bonchev–Trinajstić information content (AvgIpc) is 2.66. The minimum atomic E-state index is -1.27. The highest BCUT2D eigenvalue weighted by Crippen LogP contribution is 2.34. The van der Waals surface area contributed by atoms with Crippen molar-refractivity contribution in [1.82, 2.24) is 4.90 Å². The van der Waals surface area contributed by atoms with E-state index in [1.54, 1.807) is 0 Å². The van der Waals surface area contributed by atoms with E-state index in [1.165, 1.54) is 25.1 Å². The van der Waals surface area contributed by atoms with Crippen LogP contribution in [0.1, 0.15) is 49.5 Å². The summed E-state index contributed by atoms with van der Waals surface area (Å²) in [6, 6.07) is 6.03. The van der Waals surface area contributed by atoms with Crippen molar-refractivity contribution in [2.24, 2.45) is 0 Å². The van der Waals surface area contributed by atoms with Crippen molar-refractivity contribution in [3.63, 3.8) is 0 Å². The standard InChI is InChI=1S/C23H27F2NO4.ClH/c1-4-11-26(12-5-2)13-10-19-17(18-7-6-16(24)14-20(18)25)8-9-21(30-15(3)27)22(19)23(28)29;/h6-9,14H,4-5,10-13H2,1-3H3,(H,28,29);1H. The summed E-state index contributed by atoms with van der Waals surface area (Å²) in [5.41, 5.74) is 0.609. The second kappa shape index (κ2) is 12.4. The molecule has 0 bridgehead atoms. The van der Waals surface area contributed by atoms with E-state index < -0.39 is 23.6 Å². The number of carbonyl (C=O) groups excluding carboxylic acids is 1. The first-order chi connectivity index (χ1) is 14.3. The van der Waals surface area contributed by atoms with Gasteiger partial charge < -0.3 is 14.7 Å². The number of nitrogens with zero attached hydrogens (tertiary/aromatic N) is 1. The molecule has 0 radical (unpaired) electrons. The number of aromatic carboxylic acids is 1. The summed E-state index contributed by atoms with van der Waals surface area (Å²) >= 11 is 0. The Morgan fingerprint density at radius 3 is 2.13 bits per heavy atom. The average molecular weight is 456 g/mol.